The van der Waals surface area contributed by atoms with Crippen LogP contribution >= 0.6 is 11.6 Å². The topological polar surface area (TPSA) is 62.2 Å². The van der Waals surface area contributed by atoms with Gasteiger partial charge in [-0.25, -0.2) is 13.8 Å². The number of nitrogens with zero attached hydrogens (tertiary/aromatic N) is 3. The molecular weight excluding hydrogens is 541 g/mol. The number of aromatic nitrogens is 2. The molecule has 39 heavy (non-hydrogen) atoms. The van der Waals surface area contributed by atoms with Crippen molar-refractivity contribution < 1.29 is 26.7 Å². The van der Waals surface area contributed by atoms with E-state index in [1.807, 2.05) is 0 Å². The first-order valence-electron chi connectivity index (χ1n) is 12.7. The van der Waals surface area contributed by atoms with Crippen molar-refractivity contribution in [2.75, 3.05) is 23.3 Å². The molecule has 1 amide bonds. The molecule has 1 aliphatic rings. The summed E-state index contributed by atoms with van der Waals surface area (Å²) in [6, 6.07) is 5.84. The molecule has 0 bridgehead atoms. The number of hydrogen-bond acceptors (Lipinski definition) is 4. The van der Waals surface area contributed by atoms with Crippen molar-refractivity contribution in [3.63, 3.8) is 0 Å². The summed E-state index contributed by atoms with van der Waals surface area (Å²) in [6.07, 6.45) is -3.38. The third-order valence-corrected chi connectivity index (χ3v) is 7.65. The molecule has 212 valence electrons. The first-order chi connectivity index (χ1) is 18.2. The normalized spacial score (nSPS) is 16.4. The van der Waals surface area contributed by atoms with Crippen LogP contribution in [0.4, 0.5) is 39.3 Å². The van der Waals surface area contributed by atoms with Crippen LogP contribution < -0.4 is 15.5 Å². The van der Waals surface area contributed by atoms with Gasteiger partial charge < -0.3 is 20.1 Å². The van der Waals surface area contributed by atoms with Gasteiger partial charge in [-0.05, 0) is 42.4 Å². The molecule has 0 spiro atoms. The molecule has 12 heteroatoms. The summed E-state index contributed by atoms with van der Waals surface area (Å²) in [7, 11) is 1.59. The smallest absolute Gasteiger partial charge is 0.367 e. The Hall–Kier alpha value is -3.08. The highest BCUT2D eigenvalue weighted by Gasteiger charge is 2.43. The highest BCUT2D eigenvalue weighted by Crippen LogP contribution is 2.38. The van der Waals surface area contributed by atoms with Gasteiger partial charge in [-0.15, -0.1) is 0 Å². The lowest BCUT2D eigenvalue weighted by atomic mass is 9.82. The van der Waals surface area contributed by atoms with Gasteiger partial charge in [-0.2, -0.15) is 13.2 Å². The molecule has 1 saturated heterocycles. The van der Waals surface area contributed by atoms with E-state index < -0.39 is 29.6 Å². The number of rotatable bonds is 7. The Morgan fingerprint density at radius 3 is 2.46 bits per heavy atom. The molecular formula is C27H31ClF5N5O. The molecule has 2 aromatic carbocycles. The number of benzene rings is 2. The van der Waals surface area contributed by atoms with Gasteiger partial charge in [0.1, 0.15) is 17.1 Å². The summed E-state index contributed by atoms with van der Waals surface area (Å²) in [5.74, 6) is -4.42. The number of amides is 1. The van der Waals surface area contributed by atoms with Gasteiger partial charge in [0.25, 0.3) is 0 Å². The molecule has 2 heterocycles. The van der Waals surface area contributed by atoms with Gasteiger partial charge in [-0.3, -0.25) is 4.79 Å². The molecule has 0 saturated carbocycles. The van der Waals surface area contributed by atoms with Crippen molar-refractivity contribution >= 4 is 45.9 Å². The van der Waals surface area contributed by atoms with Crippen LogP contribution in [0.1, 0.15) is 45.6 Å². The number of aryl methyl sites for hydroxylation is 1. The third kappa shape index (κ3) is 6.08. The fourth-order valence-corrected chi connectivity index (χ4v) is 4.96. The lowest BCUT2D eigenvalue weighted by Gasteiger charge is -2.38. The van der Waals surface area contributed by atoms with Crippen LogP contribution in [0.3, 0.4) is 0 Å². The standard InChI is InChI=1S/C27H31ClF5N5O/c1-5-16(27(31,32)33)24(39)34-14-15-6-7-17(28)19(12-15)35-25-36-20-13-18(29)22(21(30)23(20)37(25)4)38-10-8-26(2,3)9-11-38/h6-7,12-13,16H,5,8-11,14H2,1-4H3,(H,34,39)(H,35,36). The van der Waals surface area contributed by atoms with Crippen molar-refractivity contribution in [3.8, 4) is 0 Å². The van der Waals surface area contributed by atoms with E-state index in [-0.39, 0.29) is 46.1 Å². The van der Waals surface area contributed by atoms with Gasteiger partial charge in [0.05, 0.1) is 16.2 Å². The molecule has 1 atom stereocenters. The van der Waals surface area contributed by atoms with Gasteiger partial charge in [0, 0.05) is 32.7 Å². The van der Waals surface area contributed by atoms with E-state index in [1.54, 1.807) is 24.1 Å². The van der Waals surface area contributed by atoms with E-state index in [9.17, 15) is 18.0 Å². The molecule has 1 unspecified atom stereocenters. The minimum atomic E-state index is -4.63. The molecule has 3 aromatic rings. The summed E-state index contributed by atoms with van der Waals surface area (Å²) in [4.78, 5) is 18.1. The number of nitrogens with one attached hydrogen (secondary N) is 2. The second-order valence-corrected chi connectivity index (χ2v) is 11.1. The monoisotopic (exact) mass is 571 g/mol. The Balaban J connectivity index is 1.57. The molecule has 4 rings (SSSR count). The van der Waals surface area contributed by atoms with Gasteiger partial charge in [0.15, 0.2) is 11.6 Å². The molecule has 1 fully saturated rings. The van der Waals surface area contributed by atoms with Gasteiger partial charge in [0.2, 0.25) is 11.9 Å². The second kappa shape index (κ2) is 10.8. The SMILES string of the molecule is CCC(C(=O)NCc1ccc(Cl)c(Nc2nc3cc(F)c(N4CCC(C)(C)CC4)c(F)c3n2C)c1)C(F)(F)F. The fraction of sp³-hybridized carbons (Fsp3) is 0.481. The van der Waals surface area contributed by atoms with Crippen LogP contribution in [-0.4, -0.2) is 34.7 Å². The number of fused-ring (bicyclic) bond motifs is 1. The van der Waals surface area contributed by atoms with Crippen molar-refractivity contribution in [1.29, 1.82) is 0 Å². The lowest BCUT2D eigenvalue weighted by molar-refractivity contribution is -0.183. The zero-order valence-corrected chi connectivity index (χ0v) is 22.9. The quantitative estimate of drug-likeness (QED) is 0.298. The Bertz CT molecular complexity index is 1380. The van der Waals surface area contributed by atoms with E-state index in [1.165, 1.54) is 23.6 Å². The zero-order chi connectivity index (χ0) is 28.7. The van der Waals surface area contributed by atoms with Crippen LogP contribution in [0, 0.1) is 23.0 Å². The van der Waals surface area contributed by atoms with Crippen LogP contribution in [0.25, 0.3) is 11.0 Å². The van der Waals surface area contributed by atoms with Crippen LogP contribution in [0.2, 0.25) is 5.02 Å². The van der Waals surface area contributed by atoms with E-state index in [0.29, 0.717) is 24.3 Å². The summed E-state index contributed by atoms with van der Waals surface area (Å²) < 4.78 is 71.4. The van der Waals surface area contributed by atoms with Crippen molar-refractivity contribution in [2.24, 2.45) is 18.4 Å². The second-order valence-electron chi connectivity index (χ2n) is 10.7. The average Bonchev–Trinajstić information content (AvgIpc) is 3.14. The maximum Gasteiger partial charge on any atom is 0.400 e. The van der Waals surface area contributed by atoms with E-state index in [0.717, 1.165) is 12.8 Å². The van der Waals surface area contributed by atoms with Gasteiger partial charge in [-0.1, -0.05) is 38.4 Å². The third-order valence-electron chi connectivity index (χ3n) is 7.32. The Morgan fingerprint density at radius 1 is 1.18 bits per heavy atom. The van der Waals surface area contributed by atoms with E-state index in [4.69, 9.17) is 11.6 Å². The van der Waals surface area contributed by atoms with Crippen LogP contribution in [0.15, 0.2) is 24.3 Å². The zero-order valence-electron chi connectivity index (χ0n) is 22.1. The maximum atomic E-state index is 15.7. The van der Waals surface area contributed by atoms with Gasteiger partial charge >= 0.3 is 6.18 Å². The van der Waals surface area contributed by atoms with Crippen molar-refractivity contribution in [1.82, 2.24) is 14.9 Å². The van der Waals surface area contributed by atoms with Crippen molar-refractivity contribution in [3.05, 3.63) is 46.5 Å². The van der Waals surface area contributed by atoms with Crippen LogP contribution in [0.5, 0.6) is 0 Å². The Labute approximate surface area is 228 Å². The van der Waals surface area contributed by atoms with Crippen LogP contribution in [-0.2, 0) is 18.4 Å². The number of carbonyl (C=O) groups excluding carboxylic acids is 1. The Kier molecular flexibility index (Phi) is 8.03. The van der Waals surface area contributed by atoms with E-state index in [2.05, 4.69) is 29.5 Å². The number of imidazole rings is 1. The predicted octanol–water partition coefficient (Wildman–Crippen LogP) is 7.08. The molecule has 0 aliphatic carbocycles. The minimum absolute atomic E-state index is 0.0763. The number of anilines is 3. The Morgan fingerprint density at radius 2 is 1.85 bits per heavy atom. The average molecular weight is 572 g/mol. The highest BCUT2D eigenvalue weighted by molar-refractivity contribution is 6.33. The number of carbonyl (C=O) groups is 1. The predicted molar refractivity (Wildman–Crippen MR) is 142 cm³/mol. The molecule has 0 radical (unpaired) electrons. The molecule has 1 aromatic heterocycles. The number of hydrogen-bond donors (Lipinski definition) is 2. The number of alkyl halides is 3. The summed E-state index contributed by atoms with van der Waals surface area (Å²) >= 11 is 6.32. The number of halogens is 6. The largest absolute Gasteiger partial charge is 0.400 e. The van der Waals surface area contributed by atoms with E-state index >= 15 is 8.78 Å². The first-order valence-corrected chi connectivity index (χ1v) is 13.1. The molecule has 6 nitrogen and oxygen atoms in total. The number of piperidine rings is 1. The maximum absolute atomic E-state index is 15.7. The summed E-state index contributed by atoms with van der Waals surface area (Å²) in [6.45, 7) is 6.49. The highest BCUT2D eigenvalue weighted by atomic mass is 35.5. The minimum Gasteiger partial charge on any atom is -0.367 e. The summed E-state index contributed by atoms with van der Waals surface area (Å²) in [5.41, 5.74) is 1.10. The molecule has 2 N–H and O–H groups in total. The fourth-order valence-electron chi connectivity index (χ4n) is 4.80. The van der Waals surface area contributed by atoms with Crippen molar-refractivity contribution in [2.45, 2.75) is 52.8 Å². The first kappa shape index (κ1) is 28.9. The molecule has 1 aliphatic heterocycles. The lowest BCUT2D eigenvalue weighted by Crippen LogP contribution is -2.38. The summed E-state index contributed by atoms with van der Waals surface area (Å²) in [5, 5.41) is 5.57.